The van der Waals surface area contributed by atoms with Crippen molar-refractivity contribution < 1.29 is 27.5 Å². The van der Waals surface area contributed by atoms with Crippen LogP contribution in [0.25, 0.3) is 0 Å². The lowest BCUT2D eigenvalue weighted by atomic mass is 10.1. The number of hydrogen-bond donors (Lipinski definition) is 0. The maximum Gasteiger partial charge on any atom is 0.417 e. The van der Waals surface area contributed by atoms with E-state index in [1.165, 1.54) is 30.0 Å². The highest BCUT2D eigenvalue weighted by Gasteiger charge is 2.36. The van der Waals surface area contributed by atoms with Crippen molar-refractivity contribution in [2.75, 3.05) is 31.1 Å². The van der Waals surface area contributed by atoms with Gasteiger partial charge in [-0.1, -0.05) is 18.1 Å². The van der Waals surface area contributed by atoms with Crippen molar-refractivity contribution >= 4 is 17.7 Å². The largest absolute Gasteiger partial charge is 0.427 e. The van der Waals surface area contributed by atoms with Crippen LogP contribution in [0.4, 0.5) is 19.0 Å². The lowest BCUT2D eigenvalue weighted by Gasteiger charge is -2.35. The van der Waals surface area contributed by atoms with Gasteiger partial charge in [-0.3, -0.25) is 9.59 Å². The first-order valence-electron chi connectivity index (χ1n) is 11.1. The number of halogens is 3. The van der Waals surface area contributed by atoms with Gasteiger partial charge in [-0.15, -0.1) is 10.2 Å². The molecule has 10 heteroatoms. The Bertz CT molecular complexity index is 1310. The number of aromatic nitrogens is 2. The quantitative estimate of drug-likeness (QED) is 0.314. The van der Waals surface area contributed by atoms with Gasteiger partial charge in [-0.25, -0.2) is 0 Å². The molecule has 36 heavy (non-hydrogen) atoms. The Morgan fingerprint density at radius 2 is 1.58 bits per heavy atom. The number of nitrogens with zero attached hydrogens (tertiary/aromatic N) is 4. The van der Waals surface area contributed by atoms with Crippen LogP contribution in [0.1, 0.15) is 34.1 Å². The molecule has 0 radical (unpaired) electrons. The number of carbonyl (C=O) groups is 2. The predicted molar refractivity (Wildman–Crippen MR) is 125 cm³/mol. The Morgan fingerprint density at radius 3 is 2.19 bits per heavy atom. The number of rotatable bonds is 3. The summed E-state index contributed by atoms with van der Waals surface area (Å²) in [6, 6.07) is 15.0. The molecule has 0 unspecified atom stereocenters. The molecule has 0 atom stereocenters. The molecule has 184 valence electrons. The van der Waals surface area contributed by atoms with Crippen LogP contribution in [0.5, 0.6) is 5.75 Å². The van der Waals surface area contributed by atoms with E-state index in [1.54, 1.807) is 36.4 Å². The molecule has 1 aromatic heterocycles. The summed E-state index contributed by atoms with van der Waals surface area (Å²) in [7, 11) is 0. The number of hydrogen-bond acceptors (Lipinski definition) is 6. The third kappa shape index (κ3) is 5.99. The Hall–Kier alpha value is -4.39. The Kier molecular flexibility index (Phi) is 7.20. The highest BCUT2D eigenvalue weighted by atomic mass is 19.4. The van der Waals surface area contributed by atoms with Crippen molar-refractivity contribution in [1.82, 2.24) is 15.1 Å². The summed E-state index contributed by atoms with van der Waals surface area (Å²) >= 11 is 0. The fraction of sp³-hybridized carbons (Fsp3) is 0.231. The van der Waals surface area contributed by atoms with Gasteiger partial charge >= 0.3 is 12.1 Å². The molecule has 1 amide bonds. The van der Waals surface area contributed by atoms with Gasteiger partial charge in [0.15, 0.2) is 5.82 Å². The summed E-state index contributed by atoms with van der Waals surface area (Å²) < 4.78 is 44.8. The molecule has 4 rings (SSSR count). The van der Waals surface area contributed by atoms with Crippen molar-refractivity contribution in [3.8, 4) is 17.6 Å². The number of ether oxygens (including phenoxy) is 1. The number of benzene rings is 2. The first kappa shape index (κ1) is 24.7. The fourth-order valence-electron chi connectivity index (χ4n) is 3.69. The second-order valence-electron chi connectivity index (χ2n) is 7.97. The minimum atomic E-state index is -4.60. The zero-order chi connectivity index (χ0) is 25.7. The molecule has 3 aromatic rings. The van der Waals surface area contributed by atoms with Crippen molar-refractivity contribution in [2.45, 2.75) is 13.1 Å². The number of amides is 1. The van der Waals surface area contributed by atoms with Gasteiger partial charge in [0.2, 0.25) is 0 Å². The first-order valence-corrected chi connectivity index (χ1v) is 11.1. The van der Waals surface area contributed by atoms with Gasteiger partial charge in [-0.2, -0.15) is 13.2 Å². The Balaban J connectivity index is 1.36. The lowest BCUT2D eigenvalue weighted by Crippen LogP contribution is -2.49. The summed E-state index contributed by atoms with van der Waals surface area (Å²) in [5, 5.41) is 8.33. The van der Waals surface area contributed by atoms with Crippen LogP contribution >= 0.6 is 0 Å². The van der Waals surface area contributed by atoms with Crippen LogP contribution in [-0.2, 0) is 11.0 Å². The van der Waals surface area contributed by atoms with E-state index in [4.69, 9.17) is 4.74 Å². The minimum Gasteiger partial charge on any atom is -0.427 e. The molecule has 1 saturated heterocycles. The zero-order valence-electron chi connectivity index (χ0n) is 19.2. The standard InChI is InChI=1S/C26H21F3N4O3/c1-18(34)36-21-11-7-19(8-12-21)6-9-20-10-13-24(31-30-20)32-14-16-33(17-15-32)25(35)22-4-2-3-5-23(22)26(27,28)29/h2-5,7-8,10-13H,14-17H2,1H3. The van der Waals surface area contributed by atoms with Crippen LogP contribution in [0.3, 0.4) is 0 Å². The molecule has 1 fully saturated rings. The van der Waals surface area contributed by atoms with Gasteiger partial charge in [0, 0.05) is 38.7 Å². The second kappa shape index (κ2) is 10.5. The lowest BCUT2D eigenvalue weighted by molar-refractivity contribution is -0.138. The average Bonchev–Trinajstić information content (AvgIpc) is 2.87. The van der Waals surface area contributed by atoms with Crippen molar-refractivity contribution in [1.29, 1.82) is 0 Å². The number of alkyl halides is 3. The minimum absolute atomic E-state index is 0.262. The van der Waals surface area contributed by atoms with E-state index in [0.29, 0.717) is 35.9 Å². The summed E-state index contributed by atoms with van der Waals surface area (Å²) in [4.78, 5) is 27.1. The van der Waals surface area contributed by atoms with E-state index in [2.05, 4.69) is 22.0 Å². The maximum atomic E-state index is 13.3. The molecule has 1 aliphatic rings. The monoisotopic (exact) mass is 494 g/mol. The fourth-order valence-corrected chi connectivity index (χ4v) is 3.69. The summed E-state index contributed by atoms with van der Waals surface area (Å²) in [6.45, 7) is 2.67. The van der Waals surface area contributed by atoms with E-state index >= 15 is 0 Å². The summed E-state index contributed by atoms with van der Waals surface area (Å²) in [6.07, 6.45) is -4.60. The number of piperazine rings is 1. The van der Waals surface area contributed by atoms with Crippen LogP contribution < -0.4 is 9.64 Å². The highest BCUT2D eigenvalue weighted by Crippen LogP contribution is 2.32. The number of anilines is 1. The van der Waals surface area contributed by atoms with E-state index in [0.717, 1.165) is 6.07 Å². The Morgan fingerprint density at radius 1 is 0.889 bits per heavy atom. The number of carbonyl (C=O) groups excluding carboxylic acids is 2. The molecule has 0 spiro atoms. The van der Waals surface area contributed by atoms with Gasteiger partial charge in [-0.05, 0) is 54.5 Å². The second-order valence-corrected chi connectivity index (χ2v) is 7.97. The Labute approximate surface area is 205 Å². The first-order chi connectivity index (χ1) is 17.2. The van der Waals surface area contributed by atoms with E-state index in [1.807, 2.05) is 4.90 Å². The van der Waals surface area contributed by atoms with Crippen molar-refractivity contribution in [2.24, 2.45) is 0 Å². The topological polar surface area (TPSA) is 75.6 Å². The molecule has 0 saturated carbocycles. The molecule has 1 aliphatic heterocycles. The zero-order valence-corrected chi connectivity index (χ0v) is 19.2. The SMILES string of the molecule is CC(=O)Oc1ccc(C#Cc2ccc(N3CCN(C(=O)c4ccccc4C(F)(F)F)CC3)nn2)cc1. The van der Waals surface area contributed by atoms with Crippen LogP contribution in [-0.4, -0.2) is 53.2 Å². The number of esters is 1. The predicted octanol–water partition coefficient (Wildman–Crippen LogP) is 3.78. The van der Waals surface area contributed by atoms with Crippen LogP contribution in [0.15, 0.2) is 60.7 Å². The van der Waals surface area contributed by atoms with Gasteiger partial charge < -0.3 is 14.5 Å². The van der Waals surface area contributed by atoms with Crippen LogP contribution in [0, 0.1) is 11.8 Å². The van der Waals surface area contributed by atoms with Crippen molar-refractivity contribution in [3.63, 3.8) is 0 Å². The maximum absolute atomic E-state index is 13.3. The molecule has 7 nitrogen and oxygen atoms in total. The normalized spacial score (nSPS) is 13.6. The van der Waals surface area contributed by atoms with Gasteiger partial charge in [0.1, 0.15) is 11.4 Å². The summed E-state index contributed by atoms with van der Waals surface area (Å²) in [5.74, 6) is 5.86. The molecular formula is C26H21F3N4O3. The molecule has 0 bridgehead atoms. The highest BCUT2D eigenvalue weighted by molar-refractivity contribution is 5.96. The molecule has 2 aromatic carbocycles. The third-order valence-corrected chi connectivity index (χ3v) is 5.46. The smallest absolute Gasteiger partial charge is 0.417 e. The van der Waals surface area contributed by atoms with Gasteiger partial charge in [0.05, 0.1) is 11.1 Å². The third-order valence-electron chi connectivity index (χ3n) is 5.46. The summed E-state index contributed by atoms with van der Waals surface area (Å²) in [5.41, 5.74) is -0.104. The molecule has 2 heterocycles. The van der Waals surface area contributed by atoms with E-state index in [9.17, 15) is 22.8 Å². The van der Waals surface area contributed by atoms with Crippen LogP contribution in [0.2, 0.25) is 0 Å². The van der Waals surface area contributed by atoms with E-state index in [-0.39, 0.29) is 18.7 Å². The molecular weight excluding hydrogens is 473 g/mol. The molecule has 0 aliphatic carbocycles. The molecule has 0 N–H and O–H groups in total. The van der Waals surface area contributed by atoms with Gasteiger partial charge in [0.25, 0.3) is 5.91 Å². The van der Waals surface area contributed by atoms with Crippen molar-refractivity contribution in [3.05, 3.63) is 83.0 Å². The average molecular weight is 494 g/mol. The van der Waals surface area contributed by atoms with E-state index < -0.39 is 23.6 Å².